The normalized spacial score (nSPS) is 14.2. The molecule has 0 bridgehead atoms. The van der Waals surface area contributed by atoms with Crippen LogP contribution in [0.25, 0.3) is 0 Å². The summed E-state index contributed by atoms with van der Waals surface area (Å²) in [6.45, 7) is 2.84. The van der Waals surface area contributed by atoms with Gasteiger partial charge in [-0.05, 0) is 24.7 Å². The zero-order chi connectivity index (χ0) is 14.4. The van der Waals surface area contributed by atoms with E-state index in [1.165, 1.54) is 7.11 Å². The SMILES string of the molecule is COC(=O)C(C)CN(C)CC(O)c1cccc(Br)c1. The predicted molar refractivity (Wildman–Crippen MR) is 77.8 cm³/mol. The summed E-state index contributed by atoms with van der Waals surface area (Å²) in [4.78, 5) is 13.3. The lowest BCUT2D eigenvalue weighted by Crippen LogP contribution is -2.32. The lowest BCUT2D eigenvalue weighted by atomic mass is 10.1. The van der Waals surface area contributed by atoms with Crippen LogP contribution in [0.4, 0.5) is 0 Å². The Bertz CT molecular complexity index is 425. The van der Waals surface area contributed by atoms with Crippen LogP contribution in [0.1, 0.15) is 18.6 Å². The number of likely N-dealkylation sites (N-methyl/N-ethyl adjacent to an activating group) is 1. The van der Waals surface area contributed by atoms with Gasteiger partial charge in [0.05, 0.1) is 19.1 Å². The van der Waals surface area contributed by atoms with Crippen molar-refractivity contribution in [1.82, 2.24) is 4.90 Å². The minimum absolute atomic E-state index is 0.204. The van der Waals surface area contributed by atoms with Crippen molar-refractivity contribution < 1.29 is 14.6 Å². The minimum atomic E-state index is -0.577. The molecule has 0 saturated carbocycles. The molecule has 106 valence electrons. The zero-order valence-electron chi connectivity index (χ0n) is 11.5. The Morgan fingerprint density at radius 1 is 1.47 bits per heavy atom. The van der Waals surface area contributed by atoms with E-state index in [4.69, 9.17) is 0 Å². The van der Waals surface area contributed by atoms with Gasteiger partial charge in [-0.3, -0.25) is 4.79 Å². The second-order valence-electron chi connectivity index (χ2n) is 4.72. The third kappa shape index (κ3) is 5.30. The van der Waals surface area contributed by atoms with Crippen molar-refractivity contribution in [3.8, 4) is 0 Å². The molecule has 0 spiro atoms. The molecule has 4 nitrogen and oxygen atoms in total. The number of rotatable bonds is 6. The quantitative estimate of drug-likeness (QED) is 0.813. The molecule has 0 amide bonds. The van der Waals surface area contributed by atoms with Crippen molar-refractivity contribution in [2.24, 2.45) is 5.92 Å². The smallest absolute Gasteiger partial charge is 0.309 e. The number of hydrogen-bond donors (Lipinski definition) is 1. The van der Waals surface area contributed by atoms with Crippen LogP contribution in [0.2, 0.25) is 0 Å². The van der Waals surface area contributed by atoms with Crippen molar-refractivity contribution in [3.05, 3.63) is 34.3 Å². The fourth-order valence-electron chi connectivity index (χ4n) is 1.93. The van der Waals surface area contributed by atoms with Crippen LogP contribution in [0.3, 0.4) is 0 Å². The number of esters is 1. The molecule has 19 heavy (non-hydrogen) atoms. The number of carbonyl (C=O) groups is 1. The molecule has 0 aromatic heterocycles. The Kier molecular flexibility index (Phi) is 6.48. The number of halogens is 1. The highest BCUT2D eigenvalue weighted by Crippen LogP contribution is 2.19. The van der Waals surface area contributed by atoms with E-state index in [0.29, 0.717) is 13.1 Å². The third-order valence-corrected chi connectivity index (χ3v) is 3.40. The van der Waals surface area contributed by atoms with Crippen molar-refractivity contribution in [2.45, 2.75) is 13.0 Å². The number of nitrogens with zero attached hydrogens (tertiary/aromatic N) is 1. The average Bonchev–Trinajstić information content (AvgIpc) is 2.37. The second kappa shape index (κ2) is 7.62. The number of carbonyl (C=O) groups excluding carboxylic acids is 1. The predicted octanol–water partition coefficient (Wildman–Crippen LogP) is 2.22. The molecule has 1 rings (SSSR count). The van der Waals surface area contributed by atoms with E-state index in [-0.39, 0.29) is 11.9 Å². The van der Waals surface area contributed by atoms with E-state index in [1.54, 1.807) is 0 Å². The summed E-state index contributed by atoms with van der Waals surface area (Å²) >= 11 is 3.38. The second-order valence-corrected chi connectivity index (χ2v) is 5.63. The molecular weight excluding hydrogens is 310 g/mol. The molecule has 2 unspecified atom stereocenters. The van der Waals surface area contributed by atoms with Gasteiger partial charge in [-0.25, -0.2) is 0 Å². The Balaban J connectivity index is 2.52. The summed E-state index contributed by atoms with van der Waals surface area (Å²) in [6.07, 6.45) is -0.577. The largest absolute Gasteiger partial charge is 0.469 e. The lowest BCUT2D eigenvalue weighted by molar-refractivity contribution is -0.145. The number of hydrogen-bond acceptors (Lipinski definition) is 4. The van der Waals surface area contributed by atoms with E-state index < -0.39 is 6.10 Å². The molecule has 1 aromatic rings. The van der Waals surface area contributed by atoms with Crippen LogP contribution in [0.5, 0.6) is 0 Å². The molecule has 0 aliphatic carbocycles. The van der Waals surface area contributed by atoms with Crippen molar-refractivity contribution in [1.29, 1.82) is 0 Å². The summed E-state index contributed by atoms with van der Waals surface area (Å²) in [5.74, 6) is -0.437. The number of benzene rings is 1. The van der Waals surface area contributed by atoms with E-state index >= 15 is 0 Å². The molecule has 1 N–H and O–H groups in total. The van der Waals surface area contributed by atoms with Gasteiger partial charge in [-0.1, -0.05) is 35.0 Å². The molecule has 0 fully saturated rings. The number of methoxy groups -OCH3 is 1. The van der Waals surface area contributed by atoms with Crippen molar-refractivity contribution >= 4 is 21.9 Å². The Morgan fingerprint density at radius 2 is 2.16 bits per heavy atom. The third-order valence-electron chi connectivity index (χ3n) is 2.91. The fourth-order valence-corrected chi connectivity index (χ4v) is 2.35. The minimum Gasteiger partial charge on any atom is -0.469 e. The summed E-state index contributed by atoms with van der Waals surface area (Å²) in [5.41, 5.74) is 0.854. The summed E-state index contributed by atoms with van der Waals surface area (Å²) in [5, 5.41) is 10.1. The van der Waals surface area contributed by atoms with Gasteiger partial charge < -0.3 is 14.7 Å². The Morgan fingerprint density at radius 3 is 2.74 bits per heavy atom. The molecule has 0 radical (unpaired) electrons. The average molecular weight is 330 g/mol. The summed E-state index contributed by atoms with van der Waals surface area (Å²) in [7, 11) is 3.26. The highest BCUT2D eigenvalue weighted by Gasteiger charge is 2.18. The Hall–Kier alpha value is -0.910. The number of ether oxygens (including phenoxy) is 1. The molecule has 0 heterocycles. The lowest BCUT2D eigenvalue weighted by Gasteiger charge is -2.23. The first-order valence-corrected chi connectivity index (χ1v) is 6.93. The topological polar surface area (TPSA) is 49.8 Å². The van der Waals surface area contributed by atoms with Crippen LogP contribution in [-0.2, 0) is 9.53 Å². The molecule has 0 saturated heterocycles. The first-order chi connectivity index (χ1) is 8.93. The Labute approximate surface area is 122 Å². The van der Waals surface area contributed by atoms with Crippen LogP contribution in [0, 0.1) is 5.92 Å². The van der Waals surface area contributed by atoms with E-state index in [2.05, 4.69) is 20.7 Å². The zero-order valence-corrected chi connectivity index (χ0v) is 13.1. The van der Waals surface area contributed by atoms with Crippen molar-refractivity contribution in [3.63, 3.8) is 0 Å². The molecule has 2 atom stereocenters. The van der Waals surface area contributed by atoms with Gasteiger partial charge in [0.1, 0.15) is 0 Å². The van der Waals surface area contributed by atoms with Gasteiger partial charge in [0.25, 0.3) is 0 Å². The van der Waals surface area contributed by atoms with Crippen LogP contribution in [0.15, 0.2) is 28.7 Å². The van der Waals surface area contributed by atoms with Crippen LogP contribution < -0.4 is 0 Å². The first-order valence-electron chi connectivity index (χ1n) is 6.14. The molecule has 1 aromatic carbocycles. The van der Waals surface area contributed by atoms with Gasteiger partial charge in [0, 0.05) is 17.6 Å². The van der Waals surface area contributed by atoms with Crippen LogP contribution >= 0.6 is 15.9 Å². The summed E-state index contributed by atoms with van der Waals surface area (Å²) < 4.78 is 5.62. The van der Waals surface area contributed by atoms with E-state index in [9.17, 15) is 9.90 Å². The van der Waals surface area contributed by atoms with Gasteiger partial charge in [0.15, 0.2) is 0 Å². The van der Waals surface area contributed by atoms with E-state index in [1.807, 2.05) is 43.1 Å². The maximum Gasteiger partial charge on any atom is 0.309 e. The number of aliphatic hydroxyl groups excluding tert-OH is 1. The highest BCUT2D eigenvalue weighted by molar-refractivity contribution is 9.10. The maximum atomic E-state index is 11.3. The number of aliphatic hydroxyl groups is 1. The fraction of sp³-hybridized carbons (Fsp3) is 0.500. The molecule has 5 heteroatoms. The molecule has 0 aliphatic heterocycles. The van der Waals surface area contributed by atoms with E-state index in [0.717, 1.165) is 10.0 Å². The summed E-state index contributed by atoms with van der Waals surface area (Å²) in [6, 6.07) is 7.58. The highest BCUT2D eigenvalue weighted by atomic mass is 79.9. The first kappa shape index (κ1) is 16.1. The molecular formula is C14H20BrNO3. The van der Waals surface area contributed by atoms with Gasteiger partial charge in [-0.15, -0.1) is 0 Å². The molecule has 0 aliphatic rings. The van der Waals surface area contributed by atoms with Gasteiger partial charge >= 0.3 is 5.97 Å². The van der Waals surface area contributed by atoms with Crippen molar-refractivity contribution in [2.75, 3.05) is 27.2 Å². The van der Waals surface area contributed by atoms with Gasteiger partial charge in [-0.2, -0.15) is 0 Å². The maximum absolute atomic E-state index is 11.3. The standard InChI is InChI=1S/C14H20BrNO3/c1-10(14(18)19-3)8-16(2)9-13(17)11-5-4-6-12(15)7-11/h4-7,10,13,17H,8-9H2,1-3H3. The van der Waals surface area contributed by atoms with Gasteiger partial charge in [0.2, 0.25) is 0 Å². The van der Waals surface area contributed by atoms with Crippen LogP contribution in [-0.4, -0.2) is 43.2 Å². The monoisotopic (exact) mass is 329 g/mol.